The minimum atomic E-state index is 0.866. The first kappa shape index (κ1) is 11.5. The highest BCUT2D eigenvalue weighted by Crippen LogP contribution is 2.37. The highest BCUT2D eigenvalue weighted by Gasteiger charge is 2.28. The molecule has 0 radical (unpaired) electrons. The summed E-state index contributed by atoms with van der Waals surface area (Å²) in [4.78, 5) is 0. The van der Waals surface area contributed by atoms with Gasteiger partial charge >= 0.3 is 0 Å². The van der Waals surface area contributed by atoms with Gasteiger partial charge in [0, 0.05) is 0 Å². The lowest BCUT2D eigenvalue weighted by molar-refractivity contribution is 0.816. The van der Waals surface area contributed by atoms with Crippen LogP contribution in [0.4, 0.5) is 0 Å². The Labute approximate surface area is 77.4 Å². The molecule has 2 atom stereocenters. The maximum Gasteiger partial charge on any atom is -0.0207 e. The molecule has 1 fully saturated rings. The number of hydrogen-bond donors (Lipinski definition) is 0. The van der Waals surface area contributed by atoms with E-state index >= 15 is 0 Å². The van der Waals surface area contributed by atoms with Gasteiger partial charge in [-0.3, -0.25) is 0 Å². The summed E-state index contributed by atoms with van der Waals surface area (Å²) in [6.45, 7) is 11.7. The van der Waals surface area contributed by atoms with Crippen LogP contribution in [-0.4, -0.2) is 0 Å². The van der Waals surface area contributed by atoms with E-state index in [2.05, 4.69) is 27.0 Å². The van der Waals surface area contributed by atoms with Gasteiger partial charge in [0.05, 0.1) is 0 Å². The lowest BCUT2D eigenvalue weighted by Gasteiger charge is -1.81. The Morgan fingerprint density at radius 2 is 2.00 bits per heavy atom. The average molecular weight is 166 g/mol. The fraction of sp³-hybridized carbons (Fsp3) is 0.667. The number of hydrogen-bond acceptors (Lipinski definition) is 0. The maximum absolute atomic E-state index is 3.67. The van der Waals surface area contributed by atoms with Crippen LogP contribution in [0.15, 0.2) is 25.3 Å². The Hall–Kier alpha value is -0.520. The summed E-state index contributed by atoms with van der Waals surface area (Å²) in [6.07, 6.45) is 9.14. The molecule has 0 spiro atoms. The zero-order valence-electron chi connectivity index (χ0n) is 8.55. The van der Waals surface area contributed by atoms with Gasteiger partial charge in [0.15, 0.2) is 0 Å². The van der Waals surface area contributed by atoms with E-state index in [0.29, 0.717) is 0 Å². The zero-order valence-corrected chi connectivity index (χ0v) is 8.55. The lowest BCUT2D eigenvalue weighted by Crippen LogP contribution is -1.62. The normalized spacial score (nSPS) is 25.2. The first-order valence-electron chi connectivity index (χ1n) is 4.99. The summed E-state index contributed by atoms with van der Waals surface area (Å²) >= 11 is 0. The second kappa shape index (κ2) is 7.15. The van der Waals surface area contributed by atoms with Crippen LogP contribution in [0.2, 0.25) is 0 Å². The second-order valence-electron chi connectivity index (χ2n) is 3.54. The SMILES string of the molecule is C=CC1CC1C.C=CCCCC. The summed E-state index contributed by atoms with van der Waals surface area (Å²) in [5.41, 5.74) is 0. The predicted octanol–water partition coefficient (Wildman–Crippen LogP) is 4.19. The molecule has 0 N–H and O–H groups in total. The molecule has 0 amide bonds. The van der Waals surface area contributed by atoms with E-state index < -0.39 is 0 Å². The smallest absolute Gasteiger partial charge is 0.0207 e. The monoisotopic (exact) mass is 166 g/mol. The first-order chi connectivity index (χ1) is 5.76. The van der Waals surface area contributed by atoms with Crippen LogP contribution in [0.1, 0.15) is 39.5 Å². The highest BCUT2D eigenvalue weighted by atomic mass is 14.3. The van der Waals surface area contributed by atoms with Crippen molar-refractivity contribution in [1.29, 1.82) is 0 Å². The van der Waals surface area contributed by atoms with Crippen molar-refractivity contribution < 1.29 is 0 Å². The Bertz CT molecular complexity index is 124. The molecule has 0 aromatic carbocycles. The molecule has 0 nitrogen and oxygen atoms in total. The van der Waals surface area contributed by atoms with Crippen molar-refractivity contribution in [3.63, 3.8) is 0 Å². The predicted molar refractivity (Wildman–Crippen MR) is 57.2 cm³/mol. The van der Waals surface area contributed by atoms with Gasteiger partial charge in [-0.25, -0.2) is 0 Å². The number of unbranched alkanes of at least 4 members (excludes halogenated alkanes) is 2. The van der Waals surface area contributed by atoms with Crippen LogP contribution in [0.25, 0.3) is 0 Å². The second-order valence-corrected chi connectivity index (χ2v) is 3.54. The molecular formula is C12H22. The highest BCUT2D eigenvalue weighted by molar-refractivity contribution is 4.95. The summed E-state index contributed by atoms with van der Waals surface area (Å²) in [5, 5.41) is 0. The van der Waals surface area contributed by atoms with Crippen molar-refractivity contribution in [3.8, 4) is 0 Å². The van der Waals surface area contributed by atoms with Crippen molar-refractivity contribution in [2.75, 3.05) is 0 Å². The van der Waals surface area contributed by atoms with E-state index in [-0.39, 0.29) is 0 Å². The molecule has 12 heavy (non-hydrogen) atoms. The fourth-order valence-corrected chi connectivity index (χ4v) is 1.03. The number of rotatable bonds is 4. The molecule has 0 aliphatic heterocycles. The van der Waals surface area contributed by atoms with Crippen LogP contribution >= 0.6 is 0 Å². The summed E-state index contributed by atoms with van der Waals surface area (Å²) in [6, 6.07) is 0. The molecule has 1 rings (SSSR count). The van der Waals surface area contributed by atoms with Crippen LogP contribution < -0.4 is 0 Å². The van der Waals surface area contributed by atoms with Gasteiger partial charge in [-0.15, -0.1) is 13.2 Å². The summed E-state index contributed by atoms with van der Waals surface area (Å²) < 4.78 is 0. The van der Waals surface area contributed by atoms with Crippen LogP contribution in [0.5, 0.6) is 0 Å². The Kier molecular flexibility index (Phi) is 6.84. The van der Waals surface area contributed by atoms with Gasteiger partial charge in [-0.2, -0.15) is 0 Å². The average Bonchev–Trinajstić information content (AvgIpc) is 2.79. The molecule has 1 aliphatic rings. The van der Waals surface area contributed by atoms with Crippen LogP contribution in [-0.2, 0) is 0 Å². The molecule has 0 aromatic rings. The molecular weight excluding hydrogens is 144 g/mol. The minimum absolute atomic E-state index is 0.866. The lowest BCUT2D eigenvalue weighted by atomic mass is 10.3. The zero-order chi connectivity index (χ0) is 9.40. The van der Waals surface area contributed by atoms with Crippen LogP contribution in [0, 0.1) is 11.8 Å². The molecule has 0 aromatic heterocycles. The fourth-order valence-electron chi connectivity index (χ4n) is 1.03. The third-order valence-electron chi connectivity index (χ3n) is 2.24. The van der Waals surface area contributed by atoms with E-state index in [1.165, 1.54) is 25.7 Å². The van der Waals surface area contributed by atoms with Crippen molar-refractivity contribution in [3.05, 3.63) is 25.3 Å². The quantitative estimate of drug-likeness (QED) is 0.434. The Balaban J connectivity index is 0.000000202. The molecule has 0 heteroatoms. The topological polar surface area (TPSA) is 0 Å². The third kappa shape index (κ3) is 6.21. The third-order valence-corrected chi connectivity index (χ3v) is 2.24. The van der Waals surface area contributed by atoms with Gasteiger partial charge in [-0.05, 0) is 24.7 Å². The standard InChI is InChI=1S/C6H10.C6H12/c1-3-6-4-5(6)2;1-3-5-6-4-2/h3,5-6H,1,4H2,2H3;3H,1,4-6H2,2H3. The molecule has 0 heterocycles. The van der Waals surface area contributed by atoms with E-state index in [9.17, 15) is 0 Å². The van der Waals surface area contributed by atoms with Gasteiger partial charge in [0.25, 0.3) is 0 Å². The molecule has 70 valence electrons. The van der Waals surface area contributed by atoms with Crippen molar-refractivity contribution in [2.45, 2.75) is 39.5 Å². The largest absolute Gasteiger partial charge is 0.103 e. The minimum Gasteiger partial charge on any atom is -0.103 e. The van der Waals surface area contributed by atoms with E-state index in [1.54, 1.807) is 0 Å². The number of allylic oxidation sites excluding steroid dienone is 2. The first-order valence-corrected chi connectivity index (χ1v) is 4.99. The van der Waals surface area contributed by atoms with Crippen LogP contribution in [0.3, 0.4) is 0 Å². The van der Waals surface area contributed by atoms with Crippen molar-refractivity contribution in [1.82, 2.24) is 0 Å². The van der Waals surface area contributed by atoms with Gasteiger partial charge in [0.2, 0.25) is 0 Å². The van der Waals surface area contributed by atoms with Crippen molar-refractivity contribution >= 4 is 0 Å². The Morgan fingerprint density at radius 3 is 2.08 bits per heavy atom. The summed E-state index contributed by atoms with van der Waals surface area (Å²) in [7, 11) is 0. The van der Waals surface area contributed by atoms with E-state index in [0.717, 1.165) is 11.8 Å². The summed E-state index contributed by atoms with van der Waals surface area (Å²) in [5.74, 6) is 1.81. The molecule has 2 unspecified atom stereocenters. The molecule has 0 bridgehead atoms. The Morgan fingerprint density at radius 1 is 1.42 bits per heavy atom. The van der Waals surface area contributed by atoms with Gasteiger partial charge in [-0.1, -0.05) is 38.8 Å². The molecule has 1 aliphatic carbocycles. The molecule has 1 saturated carbocycles. The van der Waals surface area contributed by atoms with Gasteiger partial charge in [0.1, 0.15) is 0 Å². The van der Waals surface area contributed by atoms with Gasteiger partial charge < -0.3 is 0 Å². The molecule has 0 saturated heterocycles. The van der Waals surface area contributed by atoms with Crippen molar-refractivity contribution in [2.24, 2.45) is 11.8 Å². The maximum atomic E-state index is 3.67. The van der Waals surface area contributed by atoms with E-state index in [1.807, 2.05) is 12.2 Å². The van der Waals surface area contributed by atoms with E-state index in [4.69, 9.17) is 0 Å².